The van der Waals surface area contributed by atoms with Crippen molar-refractivity contribution < 1.29 is 9.59 Å². The van der Waals surface area contributed by atoms with Crippen molar-refractivity contribution in [3.63, 3.8) is 0 Å². The Morgan fingerprint density at radius 2 is 1.90 bits per heavy atom. The third kappa shape index (κ3) is 4.50. The number of amides is 2. The van der Waals surface area contributed by atoms with Crippen LogP contribution in [0.3, 0.4) is 0 Å². The van der Waals surface area contributed by atoms with Crippen LogP contribution in [-0.4, -0.2) is 36.9 Å². The molecule has 0 heterocycles. The summed E-state index contributed by atoms with van der Waals surface area (Å²) in [6.45, 7) is 6.76. The molecule has 1 saturated carbocycles. The van der Waals surface area contributed by atoms with E-state index in [1.807, 2.05) is 11.9 Å². The molecule has 0 aliphatic heterocycles. The second-order valence-electron chi connectivity index (χ2n) is 6.57. The van der Waals surface area contributed by atoms with Crippen molar-refractivity contribution in [2.24, 2.45) is 17.8 Å². The average Bonchev–Trinajstić information content (AvgIpc) is 2.42. The zero-order chi connectivity index (χ0) is 15.3. The van der Waals surface area contributed by atoms with E-state index in [4.69, 9.17) is 0 Å². The Morgan fingerprint density at radius 1 is 1.25 bits per heavy atom. The maximum absolute atomic E-state index is 12.3. The highest BCUT2D eigenvalue weighted by molar-refractivity contribution is 5.83. The molecule has 116 valence electrons. The van der Waals surface area contributed by atoms with Gasteiger partial charge in [-0.2, -0.15) is 0 Å². The van der Waals surface area contributed by atoms with E-state index in [-0.39, 0.29) is 18.2 Å². The lowest BCUT2D eigenvalue weighted by atomic mass is 9.73. The maximum atomic E-state index is 12.3. The molecule has 0 aromatic rings. The summed E-state index contributed by atoms with van der Waals surface area (Å²) >= 11 is 0. The zero-order valence-electron chi connectivity index (χ0n) is 13.6. The molecule has 1 fully saturated rings. The molecule has 1 rings (SSSR count). The molecule has 1 aliphatic carbocycles. The van der Waals surface area contributed by atoms with E-state index >= 15 is 0 Å². The number of hydrogen-bond donors (Lipinski definition) is 1. The van der Waals surface area contributed by atoms with Gasteiger partial charge < -0.3 is 10.2 Å². The molecule has 3 unspecified atom stereocenters. The second kappa shape index (κ2) is 7.65. The van der Waals surface area contributed by atoms with Crippen molar-refractivity contribution in [3.8, 4) is 0 Å². The van der Waals surface area contributed by atoms with Crippen molar-refractivity contribution in [1.29, 1.82) is 0 Å². The zero-order valence-corrected chi connectivity index (χ0v) is 13.6. The van der Waals surface area contributed by atoms with Gasteiger partial charge in [0.2, 0.25) is 11.8 Å². The highest BCUT2D eigenvalue weighted by atomic mass is 16.2. The van der Waals surface area contributed by atoms with Gasteiger partial charge in [-0.05, 0) is 30.6 Å². The Kier molecular flexibility index (Phi) is 6.50. The van der Waals surface area contributed by atoms with Crippen molar-refractivity contribution >= 4 is 11.8 Å². The van der Waals surface area contributed by atoms with Crippen LogP contribution in [0.2, 0.25) is 0 Å². The van der Waals surface area contributed by atoms with E-state index in [9.17, 15) is 9.59 Å². The van der Waals surface area contributed by atoms with Gasteiger partial charge in [-0.1, -0.05) is 27.2 Å². The molecule has 0 saturated heterocycles. The molecule has 4 heteroatoms. The molecule has 0 spiro atoms. The van der Waals surface area contributed by atoms with Crippen LogP contribution in [0.1, 0.15) is 52.9 Å². The van der Waals surface area contributed by atoms with Gasteiger partial charge in [0.1, 0.15) is 0 Å². The van der Waals surface area contributed by atoms with Crippen molar-refractivity contribution in [3.05, 3.63) is 0 Å². The first-order valence-corrected chi connectivity index (χ1v) is 7.83. The van der Waals surface area contributed by atoms with Crippen molar-refractivity contribution in [2.45, 2.75) is 58.9 Å². The van der Waals surface area contributed by atoms with E-state index in [0.29, 0.717) is 30.2 Å². The minimum atomic E-state index is -0.0656. The molecule has 4 nitrogen and oxygen atoms in total. The van der Waals surface area contributed by atoms with E-state index in [2.05, 4.69) is 26.1 Å². The first-order chi connectivity index (χ1) is 9.36. The fourth-order valence-corrected chi connectivity index (χ4v) is 3.30. The fraction of sp³-hybridized carbons (Fsp3) is 0.875. The van der Waals surface area contributed by atoms with Gasteiger partial charge in [-0.25, -0.2) is 0 Å². The minimum Gasteiger partial charge on any atom is -0.359 e. The molecular formula is C16H30N2O2. The standard InChI is InChI=1S/C16H30N2O2/c1-11(2)13-7-6-12(3)10-14(13)18(5)16(20)9-8-15(19)17-4/h11-14H,6-10H2,1-5H3,(H,17,19). The van der Waals surface area contributed by atoms with Crippen LogP contribution in [0, 0.1) is 17.8 Å². The summed E-state index contributed by atoms with van der Waals surface area (Å²) in [6, 6.07) is 0.330. The van der Waals surface area contributed by atoms with Crippen molar-refractivity contribution in [2.75, 3.05) is 14.1 Å². The van der Waals surface area contributed by atoms with E-state index in [1.54, 1.807) is 7.05 Å². The Bertz CT molecular complexity index is 341. The van der Waals surface area contributed by atoms with Crippen LogP contribution in [0.25, 0.3) is 0 Å². The Morgan fingerprint density at radius 3 is 2.45 bits per heavy atom. The quantitative estimate of drug-likeness (QED) is 0.842. The molecule has 0 aromatic carbocycles. The summed E-state index contributed by atoms with van der Waals surface area (Å²) in [5, 5.41) is 2.56. The largest absolute Gasteiger partial charge is 0.359 e. The van der Waals surface area contributed by atoms with Crippen LogP contribution in [-0.2, 0) is 9.59 Å². The number of nitrogens with one attached hydrogen (secondary N) is 1. The minimum absolute atomic E-state index is 0.0656. The lowest BCUT2D eigenvalue weighted by Crippen LogP contribution is -2.46. The molecular weight excluding hydrogens is 252 g/mol. The third-order valence-corrected chi connectivity index (χ3v) is 4.72. The molecule has 1 N–H and O–H groups in total. The molecule has 3 atom stereocenters. The lowest BCUT2D eigenvalue weighted by Gasteiger charge is -2.42. The summed E-state index contributed by atoms with van der Waals surface area (Å²) in [5.74, 6) is 1.90. The van der Waals surface area contributed by atoms with Gasteiger partial charge in [0.05, 0.1) is 0 Å². The van der Waals surface area contributed by atoms with Gasteiger partial charge in [-0.15, -0.1) is 0 Å². The number of nitrogens with zero attached hydrogens (tertiary/aromatic N) is 1. The Labute approximate surface area is 123 Å². The smallest absolute Gasteiger partial charge is 0.223 e. The van der Waals surface area contributed by atoms with Crippen LogP contribution < -0.4 is 5.32 Å². The number of carbonyl (C=O) groups excluding carboxylic acids is 2. The van der Waals surface area contributed by atoms with Gasteiger partial charge >= 0.3 is 0 Å². The lowest BCUT2D eigenvalue weighted by molar-refractivity contribution is -0.136. The summed E-state index contributed by atoms with van der Waals surface area (Å²) in [6.07, 6.45) is 4.15. The van der Waals surface area contributed by atoms with Gasteiger partial charge in [0.25, 0.3) is 0 Å². The summed E-state index contributed by atoms with van der Waals surface area (Å²) < 4.78 is 0. The SMILES string of the molecule is CNC(=O)CCC(=O)N(C)C1CC(C)CCC1C(C)C. The van der Waals surface area contributed by atoms with E-state index < -0.39 is 0 Å². The monoisotopic (exact) mass is 282 g/mol. The predicted octanol–water partition coefficient (Wildman–Crippen LogP) is 2.43. The van der Waals surface area contributed by atoms with Crippen LogP contribution in [0.15, 0.2) is 0 Å². The number of rotatable bonds is 5. The second-order valence-corrected chi connectivity index (χ2v) is 6.57. The third-order valence-electron chi connectivity index (χ3n) is 4.72. The van der Waals surface area contributed by atoms with Crippen LogP contribution in [0.4, 0.5) is 0 Å². The molecule has 20 heavy (non-hydrogen) atoms. The average molecular weight is 282 g/mol. The Balaban J connectivity index is 2.63. The summed E-state index contributed by atoms with van der Waals surface area (Å²) in [7, 11) is 3.51. The van der Waals surface area contributed by atoms with Gasteiger partial charge in [0, 0.05) is 33.0 Å². The number of hydrogen-bond acceptors (Lipinski definition) is 2. The molecule has 0 aromatic heterocycles. The highest BCUT2D eigenvalue weighted by Gasteiger charge is 2.34. The highest BCUT2D eigenvalue weighted by Crippen LogP contribution is 2.36. The first kappa shape index (κ1) is 17.0. The normalized spacial score (nSPS) is 26.4. The van der Waals surface area contributed by atoms with Crippen LogP contribution >= 0.6 is 0 Å². The molecule has 0 bridgehead atoms. The predicted molar refractivity (Wildman–Crippen MR) is 81.2 cm³/mol. The fourth-order valence-electron chi connectivity index (χ4n) is 3.30. The van der Waals surface area contributed by atoms with Gasteiger partial charge in [0.15, 0.2) is 0 Å². The first-order valence-electron chi connectivity index (χ1n) is 7.83. The van der Waals surface area contributed by atoms with Gasteiger partial charge in [-0.3, -0.25) is 9.59 Å². The molecule has 0 radical (unpaired) electrons. The van der Waals surface area contributed by atoms with Crippen molar-refractivity contribution in [1.82, 2.24) is 10.2 Å². The molecule has 1 aliphatic rings. The summed E-state index contributed by atoms with van der Waals surface area (Å²) in [4.78, 5) is 25.4. The summed E-state index contributed by atoms with van der Waals surface area (Å²) in [5.41, 5.74) is 0. The number of carbonyl (C=O) groups is 2. The topological polar surface area (TPSA) is 49.4 Å². The molecule has 2 amide bonds. The Hall–Kier alpha value is -1.06. The van der Waals surface area contributed by atoms with Crippen LogP contribution in [0.5, 0.6) is 0 Å². The van der Waals surface area contributed by atoms with E-state index in [1.165, 1.54) is 12.8 Å². The van der Waals surface area contributed by atoms with E-state index in [0.717, 1.165) is 6.42 Å². The maximum Gasteiger partial charge on any atom is 0.223 e.